The van der Waals surface area contributed by atoms with Gasteiger partial charge in [0.15, 0.2) is 17.2 Å². The van der Waals surface area contributed by atoms with E-state index in [4.69, 9.17) is 11.6 Å². The first-order chi connectivity index (χ1) is 14.6. The van der Waals surface area contributed by atoms with E-state index in [9.17, 15) is 22.4 Å². The van der Waals surface area contributed by atoms with Crippen LogP contribution in [0.4, 0.5) is 23.4 Å². The van der Waals surface area contributed by atoms with Crippen molar-refractivity contribution >= 4 is 29.0 Å². The Kier molecular flexibility index (Phi) is 5.13. The third-order valence-electron chi connectivity index (χ3n) is 4.29. The molecule has 0 radical (unpaired) electrons. The standard InChI is InChI=1S/C19H13ClF4N6O/c1-10-6-15(19(22,23)24)30-16(25-10)7-14(27-30)18(31)26-17-13(20)9-29(28-17)8-11-2-4-12(21)5-3-11/h2-7,9H,8H2,1H3,(H,26,28,31). The molecule has 0 saturated heterocycles. The van der Waals surface area contributed by atoms with Gasteiger partial charge in [-0.3, -0.25) is 9.48 Å². The molecule has 0 fully saturated rings. The number of alkyl halides is 3. The van der Waals surface area contributed by atoms with E-state index >= 15 is 0 Å². The van der Waals surface area contributed by atoms with Gasteiger partial charge in [0.2, 0.25) is 0 Å². The molecule has 0 bridgehead atoms. The molecule has 0 aliphatic carbocycles. The van der Waals surface area contributed by atoms with E-state index in [-0.39, 0.29) is 40.2 Å². The first-order valence-corrected chi connectivity index (χ1v) is 9.21. The monoisotopic (exact) mass is 452 g/mol. The van der Waals surface area contributed by atoms with Gasteiger partial charge in [0.05, 0.1) is 6.54 Å². The van der Waals surface area contributed by atoms with Crippen LogP contribution in [0.2, 0.25) is 5.02 Å². The Balaban J connectivity index is 1.58. The molecule has 160 valence electrons. The van der Waals surface area contributed by atoms with Crippen molar-refractivity contribution in [2.45, 2.75) is 19.6 Å². The number of anilines is 1. The average molecular weight is 453 g/mol. The van der Waals surface area contributed by atoms with Crippen molar-refractivity contribution in [1.29, 1.82) is 0 Å². The summed E-state index contributed by atoms with van der Waals surface area (Å²) in [5.41, 5.74) is -0.567. The molecule has 4 rings (SSSR count). The van der Waals surface area contributed by atoms with Crippen LogP contribution in [-0.4, -0.2) is 30.3 Å². The van der Waals surface area contributed by atoms with Gasteiger partial charge in [-0.15, -0.1) is 0 Å². The lowest BCUT2D eigenvalue weighted by molar-refractivity contribution is -0.142. The number of hydrogen-bond acceptors (Lipinski definition) is 4. The summed E-state index contributed by atoms with van der Waals surface area (Å²) in [5, 5.41) is 10.4. The predicted octanol–water partition coefficient (Wildman–Crippen LogP) is 4.35. The highest BCUT2D eigenvalue weighted by atomic mass is 35.5. The fraction of sp³-hybridized carbons (Fsp3) is 0.158. The van der Waals surface area contributed by atoms with Crippen molar-refractivity contribution < 1.29 is 22.4 Å². The number of halogens is 5. The fourth-order valence-electron chi connectivity index (χ4n) is 2.92. The first kappa shape index (κ1) is 20.8. The molecule has 3 aromatic heterocycles. The predicted molar refractivity (Wildman–Crippen MR) is 103 cm³/mol. The maximum absolute atomic E-state index is 13.3. The molecular weight excluding hydrogens is 440 g/mol. The Morgan fingerprint density at radius 2 is 1.87 bits per heavy atom. The van der Waals surface area contributed by atoms with Crippen LogP contribution in [0.3, 0.4) is 0 Å². The van der Waals surface area contributed by atoms with E-state index in [0.29, 0.717) is 4.52 Å². The maximum Gasteiger partial charge on any atom is 0.433 e. The van der Waals surface area contributed by atoms with E-state index in [1.807, 2.05) is 0 Å². The van der Waals surface area contributed by atoms with Gasteiger partial charge >= 0.3 is 6.18 Å². The van der Waals surface area contributed by atoms with Crippen molar-refractivity contribution in [2.75, 3.05) is 5.32 Å². The van der Waals surface area contributed by atoms with Gasteiger partial charge in [0, 0.05) is 18.0 Å². The van der Waals surface area contributed by atoms with Gasteiger partial charge in [0.1, 0.15) is 16.5 Å². The summed E-state index contributed by atoms with van der Waals surface area (Å²) in [5.74, 6) is -1.17. The van der Waals surface area contributed by atoms with Crippen LogP contribution in [0.25, 0.3) is 5.65 Å². The SMILES string of the molecule is Cc1cc(C(F)(F)F)n2nc(C(=O)Nc3nn(Cc4ccc(F)cc4)cc3Cl)cc2n1. The van der Waals surface area contributed by atoms with Gasteiger partial charge < -0.3 is 5.32 Å². The minimum absolute atomic E-state index is 0.00557. The van der Waals surface area contributed by atoms with Crippen LogP contribution in [0, 0.1) is 12.7 Å². The van der Waals surface area contributed by atoms with E-state index in [1.165, 1.54) is 29.9 Å². The van der Waals surface area contributed by atoms with Gasteiger partial charge in [0.25, 0.3) is 5.91 Å². The number of rotatable bonds is 4. The summed E-state index contributed by atoms with van der Waals surface area (Å²) in [7, 11) is 0. The van der Waals surface area contributed by atoms with Crippen molar-refractivity contribution in [3.05, 3.63) is 76.1 Å². The molecule has 1 aromatic carbocycles. The molecule has 4 aromatic rings. The zero-order valence-corrected chi connectivity index (χ0v) is 16.5. The number of hydrogen-bond donors (Lipinski definition) is 1. The molecule has 1 amide bonds. The van der Waals surface area contributed by atoms with Crippen LogP contribution < -0.4 is 5.32 Å². The lowest BCUT2D eigenvalue weighted by Crippen LogP contribution is -2.16. The number of fused-ring (bicyclic) bond motifs is 1. The summed E-state index contributed by atoms with van der Waals surface area (Å²) in [6.45, 7) is 1.68. The number of benzene rings is 1. The fourth-order valence-corrected chi connectivity index (χ4v) is 3.12. The van der Waals surface area contributed by atoms with Crippen LogP contribution in [0.1, 0.15) is 27.4 Å². The highest BCUT2D eigenvalue weighted by Gasteiger charge is 2.35. The van der Waals surface area contributed by atoms with E-state index in [2.05, 4.69) is 20.5 Å². The second kappa shape index (κ2) is 7.65. The number of aromatic nitrogens is 5. The maximum atomic E-state index is 13.3. The van der Waals surface area contributed by atoms with Gasteiger partial charge in [-0.25, -0.2) is 13.9 Å². The first-order valence-electron chi connectivity index (χ1n) is 8.83. The molecule has 3 heterocycles. The lowest BCUT2D eigenvalue weighted by Gasteiger charge is -2.09. The van der Waals surface area contributed by atoms with Crippen LogP contribution in [0.15, 0.2) is 42.6 Å². The largest absolute Gasteiger partial charge is 0.433 e. The lowest BCUT2D eigenvalue weighted by atomic mass is 10.2. The second-order valence-electron chi connectivity index (χ2n) is 6.68. The molecule has 0 unspecified atom stereocenters. The van der Waals surface area contributed by atoms with Crippen molar-refractivity contribution in [1.82, 2.24) is 24.4 Å². The summed E-state index contributed by atoms with van der Waals surface area (Å²) in [6, 6.07) is 7.74. The van der Waals surface area contributed by atoms with Crippen LogP contribution >= 0.6 is 11.6 Å². The summed E-state index contributed by atoms with van der Waals surface area (Å²) >= 11 is 6.11. The molecule has 12 heteroatoms. The Morgan fingerprint density at radius 1 is 1.16 bits per heavy atom. The Bertz CT molecular complexity index is 1280. The third kappa shape index (κ3) is 4.36. The number of aryl methyl sites for hydroxylation is 1. The molecule has 31 heavy (non-hydrogen) atoms. The van der Waals surface area contributed by atoms with E-state index in [0.717, 1.165) is 17.7 Å². The minimum atomic E-state index is -4.67. The highest BCUT2D eigenvalue weighted by Crippen LogP contribution is 2.30. The number of carbonyl (C=O) groups excluding carboxylic acids is 1. The average Bonchev–Trinajstić information content (AvgIpc) is 3.25. The number of amides is 1. The Labute approximate surface area is 177 Å². The molecule has 0 atom stereocenters. The molecule has 0 aliphatic rings. The summed E-state index contributed by atoms with van der Waals surface area (Å²) in [4.78, 5) is 16.5. The van der Waals surface area contributed by atoms with E-state index in [1.54, 1.807) is 12.1 Å². The molecule has 7 nitrogen and oxygen atoms in total. The molecule has 0 aliphatic heterocycles. The van der Waals surface area contributed by atoms with Crippen molar-refractivity contribution in [2.24, 2.45) is 0 Å². The zero-order chi connectivity index (χ0) is 22.3. The molecule has 0 spiro atoms. The number of carbonyl (C=O) groups is 1. The normalized spacial score (nSPS) is 11.8. The zero-order valence-electron chi connectivity index (χ0n) is 15.8. The number of nitrogens with zero attached hydrogens (tertiary/aromatic N) is 5. The Morgan fingerprint density at radius 3 is 2.55 bits per heavy atom. The highest BCUT2D eigenvalue weighted by molar-refractivity contribution is 6.33. The number of nitrogens with one attached hydrogen (secondary N) is 1. The molecule has 1 N–H and O–H groups in total. The third-order valence-corrected chi connectivity index (χ3v) is 4.56. The van der Waals surface area contributed by atoms with Crippen molar-refractivity contribution in [3.8, 4) is 0 Å². The van der Waals surface area contributed by atoms with E-state index < -0.39 is 17.8 Å². The topological polar surface area (TPSA) is 77.1 Å². The second-order valence-corrected chi connectivity index (χ2v) is 7.09. The minimum Gasteiger partial charge on any atom is -0.302 e. The van der Waals surface area contributed by atoms with Gasteiger partial charge in [-0.05, 0) is 30.7 Å². The summed E-state index contributed by atoms with van der Waals surface area (Å²) in [6.07, 6.45) is -3.22. The van der Waals surface area contributed by atoms with Gasteiger partial charge in [-0.2, -0.15) is 23.4 Å². The van der Waals surface area contributed by atoms with Gasteiger partial charge in [-0.1, -0.05) is 23.7 Å². The Hall–Kier alpha value is -3.47. The van der Waals surface area contributed by atoms with Crippen molar-refractivity contribution in [3.63, 3.8) is 0 Å². The smallest absolute Gasteiger partial charge is 0.302 e. The summed E-state index contributed by atoms with van der Waals surface area (Å²) < 4.78 is 54.8. The van der Waals surface area contributed by atoms with Crippen LogP contribution in [-0.2, 0) is 12.7 Å². The molecule has 0 saturated carbocycles. The molecular formula is C19H13ClF4N6O. The quantitative estimate of drug-likeness (QED) is 0.467. The van der Waals surface area contributed by atoms with Crippen LogP contribution in [0.5, 0.6) is 0 Å².